The number of nitriles is 1. The van der Waals surface area contributed by atoms with Crippen LogP contribution in [-0.2, 0) is 19.5 Å². The number of thiophene rings is 1. The molecule has 1 aliphatic heterocycles. The maximum Gasteiger partial charge on any atom is 0.134 e. The van der Waals surface area contributed by atoms with Crippen molar-refractivity contribution in [2.24, 2.45) is 4.99 Å². The van der Waals surface area contributed by atoms with Crippen LogP contribution in [0.4, 0.5) is 5.00 Å². The van der Waals surface area contributed by atoms with Crippen molar-refractivity contribution in [3.8, 4) is 11.8 Å². The van der Waals surface area contributed by atoms with E-state index in [4.69, 9.17) is 4.74 Å². The van der Waals surface area contributed by atoms with Crippen LogP contribution in [0.2, 0.25) is 0 Å². The van der Waals surface area contributed by atoms with E-state index in [1.54, 1.807) is 24.7 Å². The third-order valence-corrected chi connectivity index (χ3v) is 6.85. The highest BCUT2D eigenvalue weighted by molar-refractivity contribution is 9.10. The fraction of sp³-hybridized carbons (Fsp3) is 0.217. The summed E-state index contributed by atoms with van der Waals surface area (Å²) in [5.74, 6) is 0.775. The molecule has 0 saturated heterocycles. The molecule has 146 valence electrons. The van der Waals surface area contributed by atoms with E-state index in [0.717, 1.165) is 52.4 Å². The molecule has 4 rings (SSSR count). The van der Waals surface area contributed by atoms with Crippen molar-refractivity contribution < 1.29 is 4.74 Å². The van der Waals surface area contributed by atoms with Gasteiger partial charge >= 0.3 is 0 Å². The number of aliphatic imine (C=N–C) groups is 1. The van der Waals surface area contributed by atoms with E-state index in [9.17, 15) is 5.26 Å². The zero-order valence-corrected chi connectivity index (χ0v) is 18.5. The van der Waals surface area contributed by atoms with E-state index < -0.39 is 0 Å². The standard InChI is InChI=1S/C23H20BrN3OS/c1-28-18-7-8-21(24)17(11-18)13-26-23-20(12-25)19-9-10-27(15-22(19)29-23)14-16-5-3-2-4-6-16/h2-8,11,13H,9-10,14-15H2,1H3. The Kier molecular flexibility index (Phi) is 6.10. The van der Waals surface area contributed by atoms with Crippen LogP contribution in [0, 0.1) is 11.3 Å². The van der Waals surface area contributed by atoms with Gasteiger partial charge in [0.05, 0.1) is 12.7 Å². The largest absolute Gasteiger partial charge is 0.497 e. The lowest BCUT2D eigenvalue weighted by Crippen LogP contribution is -2.29. The minimum Gasteiger partial charge on any atom is -0.497 e. The van der Waals surface area contributed by atoms with Gasteiger partial charge in [0.25, 0.3) is 0 Å². The summed E-state index contributed by atoms with van der Waals surface area (Å²) >= 11 is 5.18. The number of hydrogen-bond donors (Lipinski definition) is 0. The minimum absolute atomic E-state index is 0.722. The molecule has 0 fully saturated rings. The van der Waals surface area contributed by atoms with Crippen LogP contribution in [0.25, 0.3) is 0 Å². The van der Waals surface area contributed by atoms with Crippen LogP contribution in [0.3, 0.4) is 0 Å². The number of ether oxygens (including phenoxy) is 1. The van der Waals surface area contributed by atoms with Crippen LogP contribution >= 0.6 is 27.3 Å². The second-order valence-electron chi connectivity index (χ2n) is 6.89. The van der Waals surface area contributed by atoms with Gasteiger partial charge in [-0.3, -0.25) is 4.90 Å². The SMILES string of the molecule is COc1ccc(Br)c(C=Nc2sc3c(c2C#N)CCN(Cc2ccccc2)C3)c1. The Morgan fingerprint density at radius 2 is 2.10 bits per heavy atom. The molecule has 2 aromatic carbocycles. The molecule has 0 bridgehead atoms. The first-order valence-electron chi connectivity index (χ1n) is 9.36. The van der Waals surface area contributed by atoms with Gasteiger partial charge in [-0.15, -0.1) is 11.3 Å². The van der Waals surface area contributed by atoms with E-state index in [1.165, 1.54) is 16.0 Å². The number of methoxy groups -OCH3 is 1. The molecule has 29 heavy (non-hydrogen) atoms. The zero-order chi connectivity index (χ0) is 20.2. The van der Waals surface area contributed by atoms with E-state index >= 15 is 0 Å². The molecule has 0 aliphatic carbocycles. The van der Waals surface area contributed by atoms with Crippen LogP contribution < -0.4 is 4.74 Å². The van der Waals surface area contributed by atoms with Crippen molar-refractivity contribution >= 4 is 38.5 Å². The topological polar surface area (TPSA) is 48.6 Å². The fourth-order valence-corrected chi connectivity index (χ4v) is 5.03. The molecular weight excluding hydrogens is 446 g/mol. The van der Waals surface area contributed by atoms with Crippen molar-refractivity contribution in [2.75, 3.05) is 13.7 Å². The Morgan fingerprint density at radius 1 is 1.28 bits per heavy atom. The summed E-state index contributed by atoms with van der Waals surface area (Å²) < 4.78 is 6.24. The lowest BCUT2D eigenvalue weighted by molar-refractivity contribution is 0.249. The Balaban J connectivity index is 1.57. The second-order valence-corrected chi connectivity index (χ2v) is 8.83. The monoisotopic (exact) mass is 465 g/mol. The van der Waals surface area contributed by atoms with E-state index in [1.807, 2.05) is 24.3 Å². The highest BCUT2D eigenvalue weighted by Gasteiger charge is 2.24. The summed E-state index contributed by atoms with van der Waals surface area (Å²) in [5.41, 5.74) is 4.12. The zero-order valence-electron chi connectivity index (χ0n) is 16.1. The fourth-order valence-electron chi connectivity index (χ4n) is 3.50. The van der Waals surface area contributed by atoms with Crippen molar-refractivity contribution in [3.63, 3.8) is 0 Å². The van der Waals surface area contributed by atoms with E-state index in [-0.39, 0.29) is 0 Å². The normalized spacial score (nSPS) is 14.0. The Labute approximate surface area is 183 Å². The van der Waals surface area contributed by atoms with Crippen LogP contribution in [0.1, 0.15) is 27.1 Å². The van der Waals surface area contributed by atoms with Crippen LogP contribution in [0.15, 0.2) is 58.0 Å². The summed E-state index contributed by atoms with van der Waals surface area (Å²) in [4.78, 5) is 8.35. The number of rotatable bonds is 5. The molecular formula is C23H20BrN3OS. The van der Waals surface area contributed by atoms with E-state index in [0.29, 0.717) is 0 Å². The minimum atomic E-state index is 0.722. The summed E-state index contributed by atoms with van der Waals surface area (Å²) in [7, 11) is 1.65. The maximum absolute atomic E-state index is 9.74. The van der Waals surface area contributed by atoms with Gasteiger partial charge < -0.3 is 4.74 Å². The van der Waals surface area contributed by atoms with Gasteiger partial charge in [-0.25, -0.2) is 4.99 Å². The third-order valence-electron chi connectivity index (χ3n) is 5.00. The molecule has 0 atom stereocenters. The predicted molar refractivity (Wildman–Crippen MR) is 121 cm³/mol. The number of hydrogen-bond acceptors (Lipinski definition) is 5. The Hall–Kier alpha value is -2.46. The van der Waals surface area contributed by atoms with Gasteiger partial charge in [0, 0.05) is 40.8 Å². The molecule has 0 spiro atoms. The highest BCUT2D eigenvalue weighted by atomic mass is 79.9. The van der Waals surface area contributed by atoms with Gasteiger partial charge in [-0.05, 0) is 35.7 Å². The number of benzene rings is 2. The molecule has 4 nitrogen and oxygen atoms in total. The highest BCUT2D eigenvalue weighted by Crippen LogP contribution is 2.39. The van der Waals surface area contributed by atoms with Gasteiger partial charge in [0.2, 0.25) is 0 Å². The molecule has 6 heteroatoms. The van der Waals surface area contributed by atoms with E-state index in [2.05, 4.69) is 56.2 Å². The molecule has 1 aliphatic rings. The summed E-state index contributed by atoms with van der Waals surface area (Å²) in [5, 5.41) is 10.5. The quantitative estimate of drug-likeness (QED) is 0.454. The lowest BCUT2D eigenvalue weighted by Gasteiger charge is -2.26. The smallest absolute Gasteiger partial charge is 0.134 e. The first kappa shape index (κ1) is 19.8. The average Bonchev–Trinajstić information content (AvgIpc) is 3.10. The first-order valence-corrected chi connectivity index (χ1v) is 11.0. The molecule has 0 N–H and O–H groups in total. The third kappa shape index (κ3) is 4.43. The average molecular weight is 466 g/mol. The molecule has 2 heterocycles. The maximum atomic E-state index is 9.74. The van der Waals surface area contributed by atoms with Crippen molar-refractivity contribution in [1.82, 2.24) is 4.90 Å². The number of fused-ring (bicyclic) bond motifs is 1. The molecule has 0 saturated carbocycles. The summed E-state index contributed by atoms with van der Waals surface area (Å²) in [6.07, 6.45) is 2.69. The van der Waals surface area contributed by atoms with Crippen molar-refractivity contribution in [2.45, 2.75) is 19.5 Å². The summed E-state index contributed by atoms with van der Waals surface area (Å²) in [6.45, 7) is 2.75. The predicted octanol–water partition coefficient (Wildman–Crippen LogP) is 5.70. The molecule has 0 radical (unpaired) electrons. The molecule has 0 amide bonds. The molecule has 0 unspecified atom stereocenters. The van der Waals surface area contributed by atoms with Gasteiger partial charge in [0.1, 0.15) is 16.8 Å². The lowest BCUT2D eigenvalue weighted by atomic mass is 10.0. The number of halogens is 1. The van der Waals surface area contributed by atoms with Gasteiger partial charge in [-0.2, -0.15) is 5.26 Å². The molecule has 3 aromatic rings. The summed E-state index contributed by atoms with van der Waals surface area (Å²) in [6, 6.07) is 18.7. The van der Waals surface area contributed by atoms with Crippen LogP contribution in [-0.4, -0.2) is 24.8 Å². The van der Waals surface area contributed by atoms with Gasteiger partial charge in [-0.1, -0.05) is 46.3 Å². The Morgan fingerprint density at radius 3 is 2.86 bits per heavy atom. The van der Waals surface area contributed by atoms with Crippen molar-refractivity contribution in [3.05, 3.63) is 80.1 Å². The number of nitrogens with zero attached hydrogens (tertiary/aromatic N) is 3. The Bertz CT molecular complexity index is 1090. The van der Waals surface area contributed by atoms with Gasteiger partial charge in [0.15, 0.2) is 0 Å². The van der Waals surface area contributed by atoms with Crippen LogP contribution in [0.5, 0.6) is 5.75 Å². The second kappa shape index (κ2) is 8.91. The van der Waals surface area contributed by atoms with Crippen molar-refractivity contribution in [1.29, 1.82) is 5.26 Å². The molecule has 1 aromatic heterocycles. The first-order chi connectivity index (χ1) is 14.2.